The van der Waals surface area contributed by atoms with E-state index in [-0.39, 0.29) is 29.7 Å². The van der Waals surface area contributed by atoms with E-state index in [0.717, 1.165) is 41.8 Å². The van der Waals surface area contributed by atoms with E-state index in [9.17, 15) is 10.1 Å². The van der Waals surface area contributed by atoms with E-state index < -0.39 is 12.1 Å². The van der Waals surface area contributed by atoms with Crippen LogP contribution in [0.25, 0.3) is 20.5 Å². The molecular weight excluding hydrogens is 551 g/mol. The molecule has 3 aromatic rings. The minimum absolute atomic E-state index is 0.0773. The fraction of sp³-hybridized carbons (Fsp3) is 0.515. The van der Waals surface area contributed by atoms with Crippen LogP contribution in [0.4, 0.5) is 4.39 Å². The van der Waals surface area contributed by atoms with E-state index >= 15 is 4.39 Å². The molecule has 2 aliphatic heterocycles. The number of nitrogens with one attached hydrogen (secondary N) is 2. The highest BCUT2D eigenvalue weighted by atomic mass is 32.1. The minimum atomic E-state index is -0.876. The van der Waals surface area contributed by atoms with Crippen LogP contribution in [-0.2, 0) is 32.5 Å². The molecule has 3 aliphatic rings. The van der Waals surface area contributed by atoms with Crippen molar-refractivity contribution >= 4 is 27.3 Å². The van der Waals surface area contributed by atoms with Gasteiger partial charge in [0.15, 0.2) is 0 Å². The second-order valence-corrected chi connectivity index (χ2v) is 13.1. The van der Waals surface area contributed by atoms with Crippen molar-refractivity contribution in [3.05, 3.63) is 58.9 Å². The Morgan fingerprint density at radius 2 is 2.12 bits per heavy atom. The van der Waals surface area contributed by atoms with Crippen molar-refractivity contribution in [3.8, 4) is 16.5 Å². The van der Waals surface area contributed by atoms with Gasteiger partial charge in [0.1, 0.15) is 18.0 Å². The second kappa shape index (κ2) is 12.4. The van der Waals surface area contributed by atoms with Gasteiger partial charge in [0.25, 0.3) is 5.91 Å². The van der Waals surface area contributed by atoms with Crippen LogP contribution in [-0.4, -0.2) is 76.0 Å². The van der Waals surface area contributed by atoms with Crippen molar-refractivity contribution in [1.29, 1.82) is 5.26 Å². The second-order valence-electron chi connectivity index (χ2n) is 12.1. The highest BCUT2D eigenvalue weighted by Crippen LogP contribution is 2.48. The zero-order valence-electron chi connectivity index (χ0n) is 24.4. The smallest absolute Gasteiger partial charge is 0.251 e. The average molecular weight is 591 g/mol. The molecule has 0 saturated carbocycles. The Morgan fingerprint density at radius 3 is 2.90 bits per heavy atom. The predicted octanol–water partition coefficient (Wildman–Crippen LogP) is 4.56. The van der Waals surface area contributed by atoms with Crippen LogP contribution < -0.4 is 10.6 Å². The maximum absolute atomic E-state index is 15.8. The molecule has 9 heteroatoms. The van der Waals surface area contributed by atoms with Crippen LogP contribution in [0, 0.1) is 17.1 Å². The Labute approximate surface area is 251 Å². The van der Waals surface area contributed by atoms with Crippen molar-refractivity contribution in [2.24, 2.45) is 0 Å². The number of fused-ring (bicyclic) bond motifs is 3. The summed E-state index contributed by atoms with van der Waals surface area (Å²) < 4.78 is 27.6. The van der Waals surface area contributed by atoms with Gasteiger partial charge in [-0.3, -0.25) is 4.79 Å². The summed E-state index contributed by atoms with van der Waals surface area (Å²) in [5, 5.41) is 16.6. The number of benzene rings is 2. The van der Waals surface area contributed by atoms with Gasteiger partial charge in [-0.05, 0) is 104 Å². The summed E-state index contributed by atoms with van der Waals surface area (Å²) in [7, 11) is 3.82. The summed E-state index contributed by atoms with van der Waals surface area (Å²) in [6, 6.07) is 13.8. The first-order valence-electron chi connectivity index (χ1n) is 15.0. The van der Waals surface area contributed by atoms with Gasteiger partial charge in [-0.1, -0.05) is 24.3 Å². The molecule has 3 atom stereocenters. The van der Waals surface area contributed by atoms with Crippen LogP contribution in [0.3, 0.4) is 0 Å². The third-order valence-electron chi connectivity index (χ3n) is 9.47. The number of hydrogen-bond donors (Lipinski definition) is 2. The van der Waals surface area contributed by atoms with Gasteiger partial charge in [0, 0.05) is 25.0 Å². The number of halogens is 1. The Balaban J connectivity index is 1.18. The van der Waals surface area contributed by atoms with E-state index in [1.54, 1.807) is 13.2 Å². The van der Waals surface area contributed by atoms with Gasteiger partial charge in [-0.2, -0.15) is 5.26 Å². The molecule has 7 nitrogen and oxygen atoms in total. The quantitative estimate of drug-likeness (QED) is 0.438. The number of ether oxygens (including phenoxy) is 2. The fourth-order valence-corrected chi connectivity index (χ4v) is 7.87. The molecule has 6 rings (SSSR count). The first-order chi connectivity index (χ1) is 20.4. The van der Waals surface area contributed by atoms with Crippen LogP contribution >= 0.6 is 11.3 Å². The molecule has 3 unspecified atom stereocenters. The summed E-state index contributed by atoms with van der Waals surface area (Å²) in [6.45, 7) is 3.62. The molecule has 1 aliphatic carbocycles. The maximum atomic E-state index is 15.8. The van der Waals surface area contributed by atoms with Crippen LogP contribution in [0.1, 0.15) is 42.4 Å². The van der Waals surface area contributed by atoms with Crippen molar-refractivity contribution in [2.45, 2.75) is 62.2 Å². The van der Waals surface area contributed by atoms with Crippen molar-refractivity contribution in [2.75, 3.05) is 46.9 Å². The number of aryl methyl sites for hydroxylation is 1. The molecule has 0 radical (unpaired) electrons. The van der Waals surface area contributed by atoms with E-state index in [2.05, 4.69) is 52.9 Å². The minimum Gasteiger partial charge on any atom is -0.379 e. The van der Waals surface area contributed by atoms with Crippen LogP contribution in [0.5, 0.6) is 0 Å². The Morgan fingerprint density at radius 1 is 1.29 bits per heavy atom. The number of rotatable bonds is 6. The Kier molecular flexibility index (Phi) is 8.62. The molecule has 2 fully saturated rings. The molecule has 222 valence electrons. The first kappa shape index (κ1) is 29.2. The Bertz CT molecular complexity index is 1490. The number of likely N-dealkylation sites (tertiary alicyclic amines) is 1. The molecule has 1 aromatic heterocycles. The number of nitriles is 1. The van der Waals surface area contributed by atoms with Gasteiger partial charge in [-0.15, -0.1) is 11.3 Å². The highest BCUT2D eigenvalue weighted by molar-refractivity contribution is 7.22. The molecule has 3 heterocycles. The van der Waals surface area contributed by atoms with E-state index in [4.69, 9.17) is 9.47 Å². The number of carbonyl (C=O) groups excluding carboxylic acids is 1. The zero-order valence-corrected chi connectivity index (χ0v) is 25.2. The van der Waals surface area contributed by atoms with Gasteiger partial charge in [-0.25, -0.2) is 4.39 Å². The predicted molar refractivity (Wildman–Crippen MR) is 163 cm³/mol. The van der Waals surface area contributed by atoms with Gasteiger partial charge >= 0.3 is 0 Å². The summed E-state index contributed by atoms with van der Waals surface area (Å²) in [5.74, 6) is -0.706. The number of methoxy groups -OCH3 is 1. The van der Waals surface area contributed by atoms with E-state index in [1.807, 2.05) is 6.07 Å². The lowest BCUT2D eigenvalue weighted by Gasteiger charge is -2.38. The van der Waals surface area contributed by atoms with Crippen LogP contribution in [0.2, 0.25) is 0 Å². The topological polar surface area (TPSA) is 86.6 Å². The van der Waals surface area contributed by atoms with Gasteiger partial charge < -0.3 is 25.0 Å². The lowest BCUT2D eigenvalue weighted by molar-refractivity contribution is -0.136. The van der Waals surface area contributed by atoms with Gasteiger partial charge in [0.2, 0.25) is 0 Å². The molecule has 1 spiro atoms. The number of amides is 1. The number of carbonyl (C=O) groups is 1. The fourth-order valence-electron chi connectivity index (χ4n) is 6.76. The van der Waals surface area contributed by atoms with E-state index in [0.29, 0.717) is 30.0 Å². The van der Waals surface area contributed by atoms with Crippen molar-refractivity contribution in [1.82, 2.24) is 15.5 Å². The number of piperidine rings is 1. The molecule has 2 N–H and O–H groups in total. The maximum Gasteiger partial charge on any atom is 0.251 e. The molecule has 0 bridgehead atoms. The van der Waals surface area contributed by atoms with Gasteiger partial charge in [0.05, 0.1) is 23.5 Å². The molecule has 2 saturated heterocycles. The average Bonchev–Trinajstić information content (AvgIpc) is 3.58. The highest BCUT2D eigenvalue weighted by Gasteiger charge is 2.40. The molecule has 2 aromatic carbocycles. The SMILES string of the molecule is COC1CCNCC(C(=O)NC(C#N)Cc2ccc3cc(-c4ccc5c(c4)C4(CC5)CCN(C)CC4)sc3c2F)OC1. The lowest BCUT2D eigenvalue weighted by atomic mass is 9.73. The largest absolute Gasteiger partial charge is 0.379 e. The van der Waals surface area contributed by atoms with Crippen molar-refractivity contribution in [3.63, 3.8) is 0 Å². The molecular formula is C33H39FN4O3S. The van der Waals surface area contributed by atoms with Crippen LogP contribution in [0.15, 0.2) is 36.4 Å². The summed E-state index contributed by atoms with van der Waals surface area (Å²) in [6.07, 6.45) is 4.78. The molecule has 42 heavy (non-hydrogen) atoms. The first-order valence-corrected chi connectivity index (χ1v) is 15.8. The lowest BCUT2D eigenvalue weighted by Crippen LogP contribution is -2.49. The number of hydrogen-bond acceptors (Lipinski definition) is 7. The summed E-state index contributed by atoms with van der Waals surface area (Å²) in [5.41, 5.74) is 4.77. The molecule has 1 amide bonds. The summed E-state index contributed by atoms with van der Waals surface area (Å²) >= 11 is 1.46. The van der Waals surface area contributed by atoms with Crippen molar-refractivity contribution < 1.29 is 18.7 Å². The summed E-state index contributed by atoms with van der Waals surface area (Å²) in [4.78, 5) is 16.4. The third-order valence-corrected chi connectivity index (χ3v) is 10.7. The third kappa shape index (κ3) is 5.84. The number of thiophene rings is 1. The number of nitrogens with zero attached hydrogens (tertiary/aromatic N) is 2. The Hall–Kier alpha value is -2.87. The zero-order chi connectivity index (χ0) is 29.3. The standard InChI is InChI=1S/C33H39FN4O3S/c1-38-13-10-33(11-14-38)9-7-21-3-4-22(16-27(21)33)29-17-24-6-5-23(30(34)31(24)42-29)15-25(18-35)37-32(39)28-19-36-12-8-26(40-2)20-41-28/h3-6,16-17,25-26,28,36H,7-15,19-20H2,1-2H3,(H,37,39). The van der Waals surface area contributed by atoms with E-state index in [1.165, 1.54) is 41.7 Å². The normalized spacial score (nSPS) is 23.2. The monoisotopic (exact) mass is 590 g/mol.